The van der Waals surface area contributed by atoms with Crippen LogP contribution in [0.1, 0.15) is 5.69 Å². The summed E-state index contributed by atoms with van der Waals surface area (Å²) in [6.45, 7) is -0.442. The Kier molecular flexibility index (Phi) is 7.05. The first-order chi connectivity index (χ1) is 14.9. The predicted molar refractivity (Wildman–Crippen MR) is 108 cm³/mol. The Balaban J connectivity index is 1.50. The van der Waals surface area contributed by atoms with Crippen molar-refractivity contribution in [2.24, 2.45) is 5.16 Å². The van der Waals surface area contributed by atoms with Crippen molar-refractivity contribution in [1.82, 2.24) is 10.3 Å². The van der Waals surface area contributed by atoms with Gasteiger partial charge in [-0.25, -0.2) is 9.02 Å². The third kappa shape index (κ3) is 6.20. The van der Waals surface area contributed by atoms with Crippen LogP contribution in [0, 0.1) is 15.9 Å². The van der Waals surface area contributed by atoms with Gasteiger partial charge in [-0.3, -0.25) is 19.8 Å². The molecular weight excluding hydrogens is 483 g/mol. The van der Waals surface area contributed by atoms with Gasteiger partial charge in [-0.1, -0.05) is 11.2 Å². The van der Waals surface area contributed by atoms with Gasteiger partial charge in [0.2, 0.25) is 5.82 Å². The van der Waals surface area contributed by atoms with Gasteiger partial charge >= 0.3 is 0 Å². The summed E-state index contributed by atoms with van der Waals surface area (Å²) in [5, 5.41) is 23.8. The molecule has 0 spiro atoms. The molecule has 31 heavy (non-hydrogen) atoms. The topological polar surface area (TPSA) is 154 Å². The second-order valence-electron chi connectivity index (χ2n) is 5.65. The summed E-state index contributed by atoms with van der Waals surface area (Å²) in [5.41, 5.74) is 2.76. The van der Waals surface area contributed by atoms with Gasteiger partial charge in [0.25, 0.3) is 11.6 Å². The zero-order valence-corrected chi connectivity index (χ0v) is 16.9. The number of benzene rings is 2. The summed E-state index contributed by atoms with van der Waals surface area (Å²) in [7, 11) is 0. The highest BCUT2D eigenvalue weighted by Gasteiger charge is 2.13. The molecule has 1 heterocycles. The number of nitro benzene ring substituents is 1. The number of nitrogens with one attached hydrogen (secondary N) is 2. The lowest BCUT2D eigenvalue weighted by atomic mass is 10.3. The standard InChI is InChI=1S/C17H12BrFN6O6/c18-13-6-10(4-5-14(13)19)22-30-20-8-15-17(24-31-23-15)21-16(26)9-29-12-3-1-2-11(7-12)25(27)28/h1-8,22H,9H2,(H,21,24,26)/b20-8+. The highest BCUT2D eigenvalue weighted by molar-refractivity contribution is 9.10. The summed E-state index contributed by atoms with van der Waals surface area (Å²) in [4.78, 5) is 27.1. The van der Waals surface area contributed by atoms with Crippen molar-refractivity contribution in [2.75, 3.05) is 17.4 Å². The van der Waals surface area contributed by atoms with Crippen molar-refractivity contribution in [1.29, 1.82) is 0 Å². The Hall–Kier alpha value is -4.07. The van der Waals surface area contributed by atoms with Crippen LogP contribution in [0.2, 0.25) is 0 Å². The van der Waals surface area contributed by atoms with Crippen molar-refractivity contribution >= 4 is 45.2 Å². The van der Waals surface area contributed by atoms with Crippen LogP contribution in [0.5, 0.6) is 5.75 Å². The molecule has 0 fully saturated rings. The van der Waals surface area contributed by atoms with Crippen LogP contribution in [-0.2, 0) is 9.73 Å². The van der Waals surface area contributed by atoms with E-state index in [4.69, 9.17) is 9.68 Å². The monoisotopic (exact) mass is 494 g/mol. The molecule has 0 aliphatic heterocycles. The minimum absolute atomic E-state index is 0.0470. The maximum absolute atomic E-state index is 13.2. The van der Waals surface area contributed by atoms with E-state index in [1.165, 1.54) is 42.5 Å². The molecule has 3 aromatic rings. The van der Waals surface area contributed by atoms with Crippen molar-refractivity contribution in [3.63, 3.8) is 0 Å². The lowest BCUT2D eigenvalue weighted by Crippen LogP contribution is -2.21. The second kappa shape index (κ2) is 10.1. The maximum Gasteiger partial charge on any atom is 0.273 e. The third-order valence-electron chi connectivity index (χ3n) is 3.48. The highest BCUT2D eigenvalue weighted by atomic mass is 79.9. The molecule has 2 N–H and O–H groups in total. The number of amides is 1. The van der Waals surface area contributed by atoms with Crippen LogP contribution in [-0.4, -0.2) is 34.0 Å². The number of non-ortho nitro benzene ring substituents is 1. The van der Waals surface area contributed by atoms with Gasteiger partial charge < -0.3 is 10.1 Å². The highest BCUT2D eigenvalue weighted by Crippen LogP contribution is 2.20. The number of carbonyl (C=O) groups excluding carboxylic acids is 1. The summed E-state index contributed by atoms with van der Waals surface area (Å²) in [5.74, 6) is -0.953. The quantitative estimate of drug-likeness (QED) is 0.259. The molecule has 0 bridgehead atoms. The molecule has 160 valence electrons. The predicted octanol–water partition coefficient (Wildman–Crippen LogP) is 3.27. The van der Waals surface area contributed by atoms with E-state index in [0.29, 0.717) is 5.69 Å². The van der Waals surface area contributed by atoms with Crippen LogP contribution in [0.3, 0.4) is 0 Å². The molecule has 14 heteroatoms. The van der Waals surface area contributed by atoms with Crippen LogP contribution >= 0.6 is 15.9 Å². The first-order valence-electron chi connectivity index (χ1n) is 8.32. The molecule has 0 saturated heterocycles. The molecule has 0 unspecified atom stereocenters. The summed E-state index contributed by atoms with van der Waals surface area (Å²) >= 11 is 3.04. The molecule has 2 aromatic carbocycles. The maximum atomic E-state index is 13.2. The van der Waals surface area contributed by atoms with E-state index in [1.807, 2.05) is 0 Å². The minimum Gasteiger partial charge on any atom is -0.484 e. The van der Waals surface area contributed by atoms with E-state index in [9.17, 15) is 19.3 Å². The molecule has 12 nitrogen and oxygen atoms in total. The Labute approximate surface area is 181 Å². The van der Waals surface area contributed by atoms with Gasteiger partial charge in [0.05, 0.1) is 21.1 Å². The van der Waals surface area contributed by atoms with Gasteiger partial charge in [-0.15, -0.1) is 0 Å². The number of ether oxygens (including phenoxy) is 1. The minimum atomic E-state index is -0.618. The van der Waals surface area contributed by atoms with E-state index in [-0.39, 0.29) is 27.4 Å². The van der Waals surface area contributed by atoms with Gasteiger partial charge in [-0.2, -0.15) is 5.48 Å². The third-order valence-corrected chi connectivity index (χ3v) is 4.09. The smallest absolute Gasteiger partial charge is 0.273 e. The summed E-state index contributed by atoms with van der Waals surface area (Å²) in [6, 6.07) is 9.48. The Morgan fingerprint density at radius 2 is 2.16 bits per heavy atom. The van der Waals surface area contributed by atoms with E-state index in [2.05, 4.69) is 46.8 Å². The molecule has 0 saturated carbocycles. The molecule has 0 radical (unpaired) electrons. The molecule has 0 aliphatic rings. The Morgan fingerprint density at radius 3 is 2.94 bits per heavy atom. The van der Waals surface area contributed by atoms with Gasteiger partial charge in [0, 0.05) is 6.07 Å². The van der Waals surface area contributed by atoms with Crippen molar-refractivity contribution in [2.45, 2.75) is 0 Å². The van der Waals surface area contributed by atoms with Gasteiger partial charge in [0.1, 0.15) is 17.8 Å². The van der Waals surface area contributed by atoms with E-state index in [0.717, 1.165) is 6.21 Å². The fourth-order valence-electron chi connectivity index (χ4n) is 2.09. The first kappa shape index (κ1) is 21.6. The number of hydrogen-bond donors (Lipinski definition) is 2. The van der Waals surface area contributed by atoms with Crippen LogP contribution in [0.4, 0.5) is 21.6 Å². The molecular formula is C17H12BrFN6O6. The Bertz CT molecular complexity index is 1120. The number of hydrogen-bond acceptors (Lipinski definition) is 10. The number of rotatable bonds is 9. The molecule has 0 atom stereocenters. The number of aromatic nitrogens is 2. The largest absolute Gasteiger partial charge is 0.484 e. The number of nitro groups is 1. The normalized spacial score (nSPS) is 10.6. The number of carbonyl (C=O) groups is 1. The summed E-state index contributed by atoms with van der Waals surface area (Å²) < 4.78 is 23.2. The molecule has 1 aromatic heterocycles. The lowest BCUT2D eigenvalue weighted by molar-refractivity contribution is -0.384. The van der Waals surface area contributed by atoms with E-state index < -0.39 is 23.3 Å². The molecule has 1 amide bonds. The van der Waals surface area contributed by atoms with Crippen molar-refractivity contribution in [3.05, 3.63) is 68.6 Å². The fourth-order valence-corrected chi connectivity index (χ4v) is 2.46. The lowest BCUT2D eigenvalue weighted by Gasteiger charge is -2.05. The Morgan fingerprint density at radius 1 is 1.32 bits per heavy atom. The summed E-state index contributed by atoms with van der Waals surface area (Å²) in [6.07, 6.45) is 1.11. The molecule has 3 rings (SSSR count). The number of nitrogens with zero attached hydrogens (tertiary/aromatic N) is 4. The second-order valence-corrected chi connectivity index (χ2v) is 6.50. The van der Waals surface area contributed by atoms with E-state index >= 15 is 0 Å². The number of halogens is 2. The SMILES string of the molecule is O=C(COc1cccc([N+](=O)[O-])c1)Nc1nonc1/C=N/ONc1ccc(F)c(Br)c1. The van der Waals surface area contributed by atoms with Gasteiger partial charge in [0.15, 0.2) is 12.3 Å². The average molecular weight is 495 g/mol. The van der Waals surface area contributed by atoms with Crippen LogP contribution < -0.4 is 15.5 Å². The zero-order valence-electron chi connectivity index (χ0n) is 15.3. The van der Waals surface area contributed by atoms with Crippen molar-refractivity contribution < 1.29 is 28.4 Å². The molecule has 0 aliphatic carbocycles. The van der Waals surface area contributed by atoms with E-state index in [1.54, 1.807) is 0 Å². The van der Waals surface area contributed by atoms with Crippen LogP contribution in [0.25, 0.3) is 0 Å². The zero-order chi connectivity index (χ0) is 22.2. The average Bonchev–Trinajstić information content (AvgIpc) is 3.19. The number of oxime groups is 1. The fraction of sp³-hybridized carbons (Fsp3) is 0.0588. The van der Waals surface area contributed by atoms with Crippen molar-refractivity contribution in [3.8, 4) is 5.75 Å². The number of anilines is 2. The van der Waals surface area contributed by atoms with Crippen LogP contribution in [0.15, 0.2) is 56.7 Å². The first-order valence-corrected chi connectivity index (χ1v) is 9.12. The van der Waals surface area contributed by atoms with Gasteiger partial charge in [-0.05, 0) is 50.5 Å².